The summed E-state index contributed by atoms with van der Waals surface area (Å²) in [7, 11) is 0. The molecule has 3 aromatic rings. The van der Waals surface area contributed by atoms with Gasteiger partial charge in [0.25, 0.3) is 5.91 Å². The molecule has 130 valence electrons. The maximum atomic E-state index is 12.2. The highest BCUT2D eigenvalue weighted by atomic mass is 35.5. The number of anilines is 1. The number of hydrogen-bond donors (Lipinski definition) is 2. The third-order valence-corrected chi connectivity index (χ3v) is 4.07. The Morgan fingerprint density at radius 3 is 2.54 bits per heavy atom. The first-order valence-corrected chi connectivity index (χ1v) is 8.40. The quantitative estimate of drug-likeness (QED) is 0.612. The number of para-hydroxylation sites is 1. The lowest BCUT2D eigenvalue weighted by Crippen LogP contribution is -2.11. The lowest BCUT2D eigenvalue weighted by atomic mass is 10.1. The number of aryl methyl sites for hydroxylation is 1. The molecule has 0 aliphatic heterocycles. The molecule has 1 amide bonds. The Kier molecular flexibility index (Phi) is 5.34. The molecule has 5 heteroatoms. The summed E-state index contributed by atoms with van der Waals surface area (Å²) in [5.41, 5.74) is 3.32. The van der Waals surface area contributed by atoms with Gasteiger partial charge in [-0.25, -0.2) is 0 Å². The van der Waals surface area contributed by atoms with Crippen LogP contribution in [0.5, 0.6) is 5.75 Å². The van der Waals surface area contributed by atoms with E-state index >= 15 is 0 Å². The van der Waals surface area contributed by atoms with Crippen LogP contribution in [0.15, 0.2) is 71.7 Å². The second-order valence-electron chi connectivity index (χ2n) is 5.78. The van der Waals surface area contributed by atoms with E-state index in [0.717, 1.165) is 5.56 Å². The molecule has 3 rings (SSSR count). The summed E-state index contributed by atoms with van der Waals surface area (Å²) in [6.07, 6.45) is 1.61. The van der Waals surface area contributed by atoms with Gasteiger partial charge in [0.15, 0.2) is 0 Å². The Hall–Kier alpha value is -3.11. The predicted molar refractivity (Wildman–Crippen MR) is 106 cm³/mol. The maximum absolute atomic E-state index is 12.2. The Labute approximate surface area is 156 Å². The van der Waals surface area contributed by atoms with Gasteiger partial charge < -0.3 is 10.4 Å². The summed E-state index contributed by atoms with van der Waals surface area (Å²) in [6.45, 7) is 1.84. The van der Waals surface area contributed by atoms with Crippen LogP contribution < -0.4 is 5.32 Å². The molecule has 0 aromatic heterocycles. The Balaban J connectivity index is 1.69. The second kappa shape index (κ2) is 7.85. The molecule has 0 saturated heterocycles. The molecule has 2 N–H and O–H groups in total. The van der Waals surface area contributed by atoms with Crippen LogP contribution in [0.2, 0.25) is 5.02 Å². The highest BCUT2D eigenvalue weighted by molar-refractivity contribution is 6.31. The number of hydrogen-bond acceptors (Lipinski definition) is 3. The van der Waals surface area contributed by atoms with E-state index in [2.05, 4.69) is 10.3 Å². The number of nitrogens with one attached hydrogen (secondary N) is 1. The SMILES string of the molecule is Cc1cccc(C=Nc2ccc(NC(=O)c3cccc(Cl)c3)cc2)c1O. The van der Waals surface area contributed by atoms with Crippen molar-refractivity contribution in [2.24, 2.45) is 4.99 Å². The summed E-state index contributed by atoms with van der Waals surface area (Å²) in [6, 6.07) is 19.4. The highest BCUT2D eigenvalue weighted by Gasteiger charge is 2.06. The maximum Gasteiger partial charge on any atom is 0.255 e. The monoisotopic (exact) mass is 364 g/mol. The van der Waals surface area contributed by atoms with E-state index in [0.29, 0.717) is 27.5 Å². The standard InChI is InChI=1S/C21H17ClN2O2/c1-14-4-2-6-16(20(14)25)13-23-18-8-10-19(11-9-18)24-21(26)15-5-3-7-17(22)12-15/h2-13,25H,1H3,(H,24,26). The normalized spacial score (nSPS) is 10.8. The lowest BCUT2D eigenvalue weighted by molar-refractivity contribution is 0.102. The second-order valence-corrected chi connectivity index (χ2v) is 6.22. The number of nitrogens with zero attached hydrogens (tertiary/aromatic N) is 1. The van der Waals surface area contributed by atoms with Crippen molar-refractivity contribution in [3.8, 4) is 5.75 Å². The first-order valence-electron chi connectivity index (χ1n) is 8.02. The number of aromatic hydroxyl groups is 1. The molecule has 0 atom stereocenters. The Bertz CT molecular complexity index is 966. The number of carbonyl (C=O) groups is 1. The average molecular weight is 365 g/mol. The summed E-state index contributed by atoms with van der Waals surface area (Å²) in [5.74, 6) is -0.00455. The highest BCUT2D eigenvalue weighted by Crippen LogP contribution is 2.22. The van der Waals surface area contributed by atoms with Crippen LogP contribution >= 0.6 is 11.6 Å². The molecule has 0 unspecified atom stereocenters. The number of carbonyl (C=O) groups excluding carboxylic acids is 1. The average Bonchev–Trinajstić information content (AvgIpc) is 2.64. The van der Waals surface area contributed by atoms with Gasteiger partial charge in [0.2, 0.25) is 0 Å². The third kappa shape index (κ3) is 4.29. The van der Waals surface area contributed by atoms with Crippen molar-refractivity contribution in [2.75, 3.05) is 5.32 Å². The largest absolute Gasteiger partial charge is 0.507 e. The Morgan fingerprint density at radius 1 is 1.08 bits per heavy atom. The van der Waals surface area contributed by atoms with Gasteiger partial charge in [-0.05, 0) is 61.0 Å². The molecule has 26 heavy (non-hydrogen) atoms. The van der Waals surface area contributed by atoms with Crippen molar-refractivity contribution >= 4 is 35.1 Å². The van der Waals surface area contributed by atoms with Gasteiger partial charge in [-0.1, -0.05) is 29.8 Å². The first-order chi connectivity index (χ1) is 12.5. The summed E-state index contributed by atoms with van der Waals surface area (Å²) in [5, 5.41) is 13.3. The minimum atomic E-state index is -0.228. The molecular formula is C21H17ClN2O2. The van der Waals surface area contributed by atoms with Crippen LogP contribution in [0.3, 0.4) is 0 Å². The number of rotatable bonds is 4. The smallest absolute Gasteiger partial charge is 0.255 e. The molecule has 0 bridgehead atoms. The van der Waals surface area contributed by atoms with E-state index in [9.17, 15) is 9.90 Å². The fourth-order valence-corrected chi connectivity index (χ4v) is 2.58. The summed E-state index contributed by atoms with van der Waals surface area (Å²) in [4.78, 5) is 16.6. The number of amides is 1. The first kappa shape index (κ1) is 17.7. The number of phenolic OH excluding ortho intramolecular Hbond substituents is 1. The third-order valence-electron chi connectivity index (χ3n) is 3.83. The van der Waals surface area contributed by atoms with Crippen LogP contribution in [-0.4, -0.2) is 17.2 Å². The van der Waals surface area contributed by atoms with Crippen LogP contribution in [0, 0.1) is 6.92 Å². The number of aliphatic imine (C=N–C) groups is 1. The number of halogens is 1. The van der Waals surface area contributed by atoms with Gasteiger partial charge in [0.1, 0.15) is 5.75 Å². The van der Waals surface area contributed by atoms with Crippen LogP contribution in [0.1, 0.15) is 21.5 Å². The Morgan fingerprint density at radius 2 is 1.81 bits per heavy atom. The minimum absolute atomic E-state index is 0.224. The molecule has 0 heterocycles. The fourth-order valence-electron chi connectivity index (χ4n) is 2.39. The molecular weight excluding hydrogens is 348 g/mol. The zero-order valence-electron chi connectivity index (χ0n) is 14.1. The lowest BCUT2D eigenvalue weighted by Gasteiger charge is -2.06. The zero-order valence-corrected chi connectivity index (χ0v) is 14.9. The van der Waals surface area contributed by atoms with E-state index in [-0.39, 0.29) is 11.7 Å². The molecule has 0 radical (unpaired) electrons. The minimum Gasteiger partial charge on any atom is -0.507 e. The molecule has 0 aliphatic rings. The van der Waals surface area contributed by atoms with Crippen molar-refractivity contribution in [1.82, 2.24) is 0 Å². The van der Waals surface area contributed by atoms with Crippen molar-refractivity contribution < 1.29 is 9.90 Å². The van der Waals surface area contributed by atoms with Crippen LogP contribution in [-0.2, 0) is 0 Å². The molecule has 0 saturated carbocycles. The van der Waals surface area contributed by atoms with Crippen LogP contribution in [0.25, 0.3) is 0 Å². The van der Waals surface area contributed by atoms with E-state index in [4.69, 9.17) is 11.6 Å². The van der Waals surface area contributed by atoms with E-state index < -0.39 is 0 Å². The summed E-state index contributed by atoms with van der Waals surface area (Å²) < 4.78 is 0. The molecule has 4 nitrogen and oxygen atoms in total. The van der Waals surface area contributed by atoms with Crippen molar-refractivity contribution in [3.05, 3.63) is 88.4 Å². The van der Waals surface area contributed by atoms with Gasteiger partial charge in [0, 0.05) is 28.1 Å². The topological polar surface area (TPSA) is 61.7 Å². The van der Waals surface area contributed by atoms with Gasteiger partial charge >= 0.3 is 0 Å². The van der Waals surface area contributed by atoms with Gasteiger partial charge in [-0.3, -0.25) is 9.79 Å². The predicted octanol–water partition coefficient (Wildman–Crippen LogP) is 5.36. The van der Waals surface area contributed by atoms with Crippen molar-refractivity contribution in [3.63, 3.8) is 0 Å². The fraction of sp³-hybridized carbons (Fsp3) is 0.0476. The van der Waals surface area contributed by atoms with Gasteiger partial charge in [-0.2, -0.15) is 0 Å². The van der Waals surface area contributed by atoms with E-state index in [1.165, 1.54) is 0 Å². The van der Waals surface area contributed by atoms with Crippen LogP contribution in [0.4, 0.5) is 11.4 Å². The zero-order chi connectivity index (χ0) is 18.5. The number of phenols is 1. The molecule has 3 aromatic carbocycles. The number of benzene rings is 3. The molecule has 0 spiro atoms. The van der Waals surface area contributed by atoms with Gasteiger partial charge in [-0.15, -0.1) is 0 Å². The van der Waals surface area contributed by atoms with Gasteiger partial charge in [0.05, 0.1) is 5.69 Å². The van der Waals surface area contributed by atoms with Crippen molar-refractivity contribution in [1.29, 1.82) is 0 Å². The summed E-state index contributed by atoms with van der Waals surface area (Å²) >= 11 is 5.91. The van der Waals surface area contributed by atoms with E-state index in [1.54, 1.807) is 60.8 Å². The van der Waals surface area contributed by atoms with E-state index in [1.807, 2.05) is 19.1 Å². The van der Waals surface area contributed by atoms with Crippen molar-refractivity contribution in [2.45, 2.75) is 6.92 Å². The molecule has 0 fully saturated rings. The molecule has 0 aliphatic carbocycles.